The van der Waals surface area contributed by atoms with E-state index in [2.05, 4.69) is 10.4 Å². The lowest BCUT2D eigenvalue weighted by Crippen LogP contribution is -2.30. The number of nitrogens with zero attached hydrogens (tertiary/aromatic N) is 1. The molecule has 1 unspecified atom stereocenters. The van der Waals surface area contributed by atoms with Gasteiger partial charge in [-0.3, -0.25) is 16.3 Å². The molecule has 1 atom stereocenters. The van der Waals surface area contributed by atoms with Crippen molar-refractivity contribution in [2.24, 2.45) is 5.84 Å². The molecule has 2 rings (SSSR count). The summed E-state index contributed by atoms with van der Waals surface area (Å²) in [5.41, 5.74) is 3.96. The lowest BCUT2D eigenvalue weighted by atomic mass is 10.1. The quantitative estimate of drug-likeness (QED) is 0.611. The van der Waals surface area contributed by atoms with Gasteiger partial charge in [0.05, 0.1) is 19.3 Å². The first-order valence-electron chi connectivity index (χ1n) is 6.40. The fraction of sp³-hybridized carbons (Fsp3) is 0.615. The highest BCUT2D eigenvalue weighted by Gasteiger charge is 2.18. The molecular formula is C13H21N3OS. The van der Waals surface area contributed by atoms with Crippen LogP contribution in [0.25, 0.3) is 0 Å². The molecule has 0 bridgehead atoms. The molecule has 0 amide bonds. The van der Waals surface area contributed by atoms with Crippen molar-refractivity contribution in [2.45, 2.75) is 37.0 Å². The largest absolute Gasteiger partial charge is 0.495 e. The maximum absolute atomic E-state index is 5.65. The van der Waals surface area contributed by atoms with Crippen LogP contribution in [0.15, 0.2) is 18.5 Å². The zero-order valence-corrected chi connectivity index (χ0v) is 11.6. The minimum Gasteiger partial charge on any atom is -0.495 e. The predicted molar refractivity (Wildman–Crippen MR) is 75.6 cm³/mol. The summed E-state index contributed by atoms with van der Waals surface area (Å²) in [5, 5.41) is 0.805. The van der Waals surface area contributed by atoms with Gasteiger partial charge in [-0.15, -0.1) is 0 Å². The van der Waals surface area contributed by atoms with Crippen molar-refractivity contribution in [3.8, 4) is 5.75 Å². The molecule has 18 heavy (non-hydrogen) atoms. The molecule has 0 aliphatic heterocycles. The molecule has 0 saturated heterocycles. The third kappa shape index (κ3) is 3.60. The lowest BCUT2D eigenvalue weighted by Gasteiger charge is -2.18. The maximum Gasteiger partial charge on any atom is 0.137 e. The second-order valence-corrected chi connectivity index (χ2v) is 5.95. The summed E-state index contributed by atoms with van der Waals surface area (Å²) >= 11 is 2.01. The van der Waals surface area contributed by atoms with Crippen LogP contribution in [0.3, 0.4) is 0 Å². The highest BCUT2D eigenvalue weighted by Crippen LogP contribution is 2.32. The number of hydrazine groups is 1. The first-order valence-corrected chi connectivity index (χ1v) is 7.45. The normalized spacial score (nSPS) is 17.9. The Morgan fingerprint density at radius 1 is 1.50 bits per heavy atom. The Hall–Kier alpha value is -0.780. The van der Waals surface area contributed by atoms with E-state index < -0.39 is 0 Å². The van der Waals surface area contributed by atoms with Crippen LogP contribution in [0.5, 0.6) is 5.75 Å². The van der Waals surface area contributed by atoms with E-state index in [1.807, 2.05) is 24.0 Å². The number of methoxy groups -OCH3 is 1. The summed E-state index contributed by atoms with van der Waals surface area (Å²) in [6.45, 7) is 0. The van der Waals surface area contributed by atoms with Gasteiger partial charge in [-0.25, -0.2) is 0 Å². The number of hydrogen-bond donors (Lipinski definition) is 2. The van der Waals surface area contributed by atoms with Crippen LogP contribution in [0.2, 0.25) is 0 Å². The fourth-order valence-electron chi connectivity index (χ4n) is 2.27. The van der Waals surface area contributed by atoms with Crippen molar-refractivity contribution in [3.05, 3.63) is 24.0 Å². The van der Waals surface area contributed by atoms with E-state index in [0.29, 0.717) is 0 Å². The van der Waals surface area contributed by atoms with Gasteiger partial charge < -0.3 is 4.74 Å². The zero-order chi connectivity index (χ0) is 12.8. The number of hydrogen-bond acceptors (Lipinski definition) is 5. The van der Waals surface area contributed by atoms with E-state index in [1.165, 1.54) is 25.7 Å². The molecule has 4 nitrogen and oxygen atoms in total. The third-order valence-electron chi connectivity index (χ3n) is 3.37. The fourth-order valence-corrected chi connectivity index (χ4v) is 3.69. The first kappa shape index (κ1) is 13.6. The molecule has 3 N–H and O–H groups in total. The van der Waals surface area contributed by atoms with E-state index >= 15 is 0 Å². The first-order chi connectivity index (χ1) is 8.83. The SMILES string of the molecule is COc1cncc(C(CSC2CCCC2)NN)c1. The van der Waals surface area contributed by atoms with Gasteiger partial charge in [0.25, 0.3) is 0 Å². The minimum atomic E-state index is 0.137. The van der Waals surface area contributed by atoms with Gasteiger partial charge >= 0.3 is 0 Å². The summed E-state index contributed by atoms with van der Waals surface area (Å²) in [5.74, 6) is 7.41. The van der Waals surface area contributed by atoms with Crippen LogP contribution in [-0.4, -0.2) is 23.1 Å². The summed E-state index contributed by atoms with van der Waals surface area (Å²) in [4.78, 5) is 4.17. The summed E-state index contributed by atoms with van der Waals surface area (Å²) in [6.07, 6.45) is 9.00. The standard InChI is InChI=1S/C13H21N3OS/c1-17-11-6-10(7-15-8-11)13(16-14)9-18-12-4-2-3-5-12/h6-8,12-13,16H,2-5,9,14H2,1H3. The van der Waals surface area contributed by atoms with Crippen LogP contribution in [0, 0.1) is 0 Å². The topological polar surface area (TPSA) is 60.2 Å². The van der Waals surface area contributed by atoms with Gasteiger partial charge in [0, 0.05) is 17.2 Å². The molecule has 1 aliphatic carbocycles. The number of pyridine rings is 1. The molecule has 1 heterocycles. The molecule has 1 aliphatic rings. The van der Waals surface area contributed by atoms with Crippen molar-refractivity contribution >= 4 is 11.8 Å². The van der Waals surface area contributed by atoms with E-state index in [9.17, 15) is 0 Å². The number of ether oxygens (including phenoxy) is 1. The van der Waals surface area contributed by atoms with Gasteiger partial charge in [-0.1, -0.05) is 12.8 Å². The van der Waals surface area contributed by atoms with Crippen LogP contribution >= 0.6 is 11.8 Å². The van der Waals surface area contributed by atoms with E-state index in [1.54, 1.807) is 13.3 Å². The van der Waals surface area contributed by atoms with Gasteiger partial charge in [-0.2, -0.15) is 11.8 Å². The summed E-state index contributed by atoms with van der Waals surface area (Å²) < 4.78 is 5.19. The molecule has 0 radical (unpaired) electrons. The minimum absolute atomic E-state index is 0.137. The Balaban J connectivity index is 1.93. The van der Waals surface area contributed by atoms with Crippen LogP contribution < -0.4 is 16.0 Å². The second-order valence-electron chi connectivity index (χ2n) is 4.62. The zero-order valence-electron chi connectivity index (χ0n) is 10.8. The predicted octanol–water partition coefficient (Wildman–Crippen LogP) is 2.27. The molecule has 1 fully saturated rings. The monoisotopic (exact) mass is 267 g/mol. The molecule has 1 aromatic rings. The van der Waals surface area contributed by atoms with Crippen LogP contribution in [0.4, 0.5) is 0 Å². The van der Waals surface area contributed by atoms with E-state index in [0.717, 1.165) is 22.3 Å². The van der Waals surface area contributed by atoms with Crippen molar-refractivity contribution < 1.29 is 4.74 Å². The van der Waals surface area contributed by atoms with E-state index in [-0.39, 0.29) is 6.04 Å². The summed E-state index contributed by atoms with van der Waals surface area (Å²) in [7, 11) is 1.65. The summed E-state index contributed by atoms with van der Waals surface area (Å²) in [6, 6.07) is 2.13. The Morgan fingerprint density at radius 3 is 2.94 bits per heavy atom. The number of rotatable bonds is 6. The van der Waals surface area contributed by atoms with Crippen LogP contribution in [-0.2, 0) is 0 Å². The Labute approximate surface area is 113 Å². The van der Waals surface area contributed by atoms with Gasteiger partial charge in [0.2, 0.25) is 0 Å². The highest BCUT2D eigenvalue weighted by atomic mass is 32.2. The number of nitrogens with one attached hydrogen (secondary N) is 1. The maximum atomic E-state index is 5.65. The van der Waals surface area contributed by atoms with Crippen molar-refractivity contribution in [1.29, 1.82) is 0 Å². The number of thioether (sulfide) groups is 1. The molecule has 0 spiro atoms. The van der Waals surface area contributed by atoms with Gasteiger partial charge in [-0.05, 0) is 24.5 Å². The number of aromatic nitrogens is 1. The second kappa shape index (κ2) is 6.97. The Kier molecular flexibility index (Phi) is 5.28. The smallest absolute Gasteiger partial charge is 0.137 e. The van der Waals surface area contributed by atoms with Crippen molar-refractivity contribution in [1.82, 2.24) is 10.4 Å². The lowest BCUT2D eigenvalue weighted by molar-refractivity contribution is 0.411. The van der Waals surface area contributed by atoms with Crippen LogP contribution in [0.1, 0.15) is 37.3 Å². The van der Waals surface area contributed by atoms with Crippen molar-refractivity contribution in [2.75, 3.05) is 12.9 Å². The Bertz CT molecular complexity index is 369. The third-order valence-corrected chi connectivity index (χ3v) is 4.84. The van der Waals surface area contributed by atoms with Gasteiger partial charge in [0.15, 0.2) is 0 Å². The van der Waals surface area contributed by atoms with Gasteiger partial charge in [0.1, 0.15) is 5.75 Å². The molecule has 5 heteroatoms. The highest BCUT2D eigenvalue weighted by molar-refractivity contribution is 7.99. The average Bonchev–Trinajstić information content (AvgIpc) is 2.93. The molecule has 1 aromatic heterocycles. The molecular weight excluding hydrogens is 246 g/mol. The molecule has 1 saturated carbocycles. The van der Waals surface area contributed by atoms with E-state index in [4.69, 9.17) is 10.6 Å². The molecule has 100 valence electrons. The Morgan fingerprint density at radius 2 is 2.28 bits per heavy atom. The number of nitrogens with two attached hydrogens (primary N) is 1. The molecule has 0 aromatic carbocycles. The van der Waals surface area contributed by atoms with Crippen molar-refractivity contribution in [3.63, 3.8) is 0 Å². The average molecular weight is 267 g/mol.